The van der Waals surface area contributed by atoms with E-state index in [1.54, 1.807) is 6.26 Å². The Morgan fingerprint density at radius 3 is 2.83 bits per heavy atom. The first-order valence-corrected chi connectivity index (χ1v) is 5.92. The number of aryl methyl sites for hydroxylation is 1. The van der Waals surface area contributed by atoms with E-state index in [2.05, 4.69) is 11.1 Å². The molecule has 0 aliphatic rings. The summed E-state index contributed by atoms with van der Waals surface area (Å²) in [5, 5.41) is 0. The third-order valence-electron chi connectivity index (χ3n) is 3.17. The molecule has 0 radical (unpaired) electrons. The lowest BCUT2D eigenvalue weighted by Crippen LogP contribution is -2.04. The minimum Gasteiger partial charge on any atom is -0.461 e. The summed E-state index contributed by atoms with van der Waals surface area (Å²) in [7, 11) is 1.98. The molecule has 2 N–H and O–H groups in total. The van der Waals surface area contributed by atoms with E-state index in [4.69, 9.17) is 10.2 Å². The average molecular weight is 241 g/mol. The van der Waals surface area contributed by atoms with Gasteiger partial charge in [-0.3, -0.25) is 0 Å². The second kappa shape index (κ2) is 3.99. The van der Waals surface area contributed by atoms with Gasteiger partial charge in [0.25, 0.3) is 0 Å². The third kappa shape index (κ3) is 1.62. The Morgan fingerprint density at radius 1 is 1.33 bits per heavy atom. The zero-order valence-electron chi connectivity index (χ0n) is 10.4. The van der Waals surface area contributed by atoms with E-state index in [9.17, 15) is 0 Å². The summed E-state index contributed by atoms with van der Waals surface area (Å²) in [4.78, 5) is 4.58. The maximum atomic E-state index is 5.91. The van der Waals surface area contributed by atoms with Crippen molar-refractivity contribution in [2.75, 3.05) is 0 Å². The van der Waals surface area contributed by atoms with Gasteiger partial charge >= 0.3 is 0 Å². The van der Waals surface area contributed by atoms with E-state index in [0.29, 0.717) is 0 Å². The Hall–Kier alpha value is -2.07. The lowest BCUT2D eigenvalue weighted by molar-refractivity contribution is 0.574. The van der Waals surface area contributed by atoms with Crippen LogP contribution in [0.3, 0.4) is 0 Å². The van der Waals surface area contributed by atoms with Crippen molar-refractivity contribution < 1.29 is 4.42 Å². The van der Waals surface area contributed by atoms with Crippen LogP contribution < -0.4 is 5.73 Å². The summed E-state index contributed by atoms with van der Waals surface area (Å²) in [6.45, 7) is 1.98. The van der Waals surface area contributed by atoms with Crippen LogP contribution in [-0.4, -0.2) is 9.55 Å². The lowest BCUT2D eigenvalue weighted by atomic mass is 10.1. The minimum atomic E-state index is 0.0244. The van der Waals surface area contributed by atoms with Crippen LogP contribution in [0.25, 0.3) is 22.6 Å². The normalized spacial score (nSPS) is 13.1. The van der Waals surface area contributed by atoms with Crippen molar-refractivity contribution in [3.8, 4) is 11.6 Å². The van der Waals surface area contributed by atoms with Gasteiger partial charge in [0.15, 0.2) is 11.6 Å². The Bertz CT molecular complexity index is 680. The molecule has 0 fully saturated rings. The zero-order chi connectivity index (χ0) is 12.7. The van der Waals surface area contributed by atoms with Gasteiger partial charge in [0, 0.05) is 13.1 Å². The van der Waals surface area contributed by atoms with Crippen LogP contribution in [0.2, 0.25) is 0 Å². The van der Waals surface area contributed by atoms with Gasteiger partial charge in [-0.1, -0.05) is 6.07 Å². The predicted octanol–water partition coefficient (Wildman–Crippen LogP) is 2.85. The fraction of sp³-hybridized carbons (Fsp3) is 0.214. The molecule has 3 rings (SSSR count). The van der Waals surface area contributed by atoms with Crippen LogP contribution in [0.1, 0.15) is 18.5 Å². The standard InChI is InChI=1S/C14H15N3O/c1-9(15)10-5-6-11-12(8-10)17(2)14(16-11)13-4-3-7-18-13/h3-9H,15H2,1-2H3. The van der Waals surface area contributed by atoms with E-state index >= 15 is 0 Å². The van der Waals surface area contributed by atoms with Crippen LogP contribution in [0.15, 0.2) is 41.0 Å². The van der Waals surface area contributed by atoms with Gasteiger partial charge in [0.1, 0.15) is 0 Å². The molecule has 2 aromatic heterocycles. The topological polar surface area (TPSA) is 57.0 Å². The molecule has 1 aromatic carbocycles. The molecule has 4 heteroatoms. The molecule has 1 atom stereocenters. The third-order valence-corrected chi connectivity index (χ3v) is 3.17. The number of fused-ring (bicyclic) bond motifs is 1. The van der Waals surface area contributed by atoms with Crippen molar-refractivity contribution in [1.82, 2.24) is 9.55 Å². The number of rotatable bonds is 2. The molecule has 0 saturated carbocycles. The summed E-state index contributed by atoms with van der Waals surface area (Å²) >= 11 is 0. The lowest BCUT2D eigenvalue weighted by Gasteiger charge is -2.05. The highest BCUT2D eigenvalue weighted by Crippen LogP contribution is 2.25. The predicted molar refractivity (Wildman–Crippen MR) is 71.0 cm³/mol. The molecule has 0 saturated heterocycles. The second-order valence-corrected chi connectivity index (χ2v) is 4.51. The zero-order valence-corrected chi connectivity index (χ0v) is 10.4. The Labute approximate surface area is 105 Å². The van der Waals surface area contributed by atoms with Crippen molar-refractivity contribution in [2.24, 2.45) is 12.8 Å². The van der Waals surface area contributed by atoms with Crippen LogP contribution in [0.5, 0.6) is 0 Å². The molecular formula is C14H15N3O. The van der Waals surface area contributed by atoms with Crippen LogP contribution in [0.4, 0.5) is 0 Å². The molecule has 92 valence electrons. The van der Waals surface area contributed by atoms with Gasteiger partial charge in [0.2, 0.25) is 0 Å². The molecule has 0 spiro atoms. The van der Waals surface area contributed by atoms with Crippen molar-refractivity contribution in [1.29, 1.82) is 0 Å². The van der Waals surface area contributed by atoms with Gasteiger partial charge in [0.05, 0.1) is 17.3 Å². The number of furan rings is 1. The number of benzene rings is 1. The quantitative estimate of drug-likeness (QED) is 0.750. The fourth-order valence-electron chi connectivity index (χ4n) is 2.12. The van der Waals surface area contributed by atoms with Gasteiger partial charge in [-0.15, -0.1) is 0 Å². The number of imidazole rings is 1. The van der Waals surface area contributed by atoms with Crippen LogP contribution in [-0.2, 0) is 7.05 Å². The average Bonchev–Trinajstić information content (AvgIpc) is 2.97. The van der Waals surface area contributed by atoms with Crippen molar-refractivity contribution in [3.05, 3.63) is 42.2 Å². The largest absolute Gasteiger partial charge is 0.461 e. The second-order valence-electron chi connectivity index (χ2n) is 4.51. The monoisotopic (exact) mass is 241 g/mol. The molecule has 3 aromatic rings. The van der Waals surface area contributed by atoms with Crippen LogP contribution in [0, 0.1) is 0 Å². The van der Waals surface area contributed by atoms with Crippen molar-refractivity contribution >= 4 is 11.0 Å². The molecule has 0 amide bonds. The highest BCUT2D eigenvalue weighted by atomic mass is 16.3. The van der Waals surface area contributed by atoms with E-state index in [1.165, 1.54) is 0 Å². The highest BCUT2D eigenvalue weighted by molar-refractivity contribution is 5.80. The number of nitrogens with zero attached hydrogens (tertiary/aromatic N) is 2. The van der Waals surface area contributed by atoms with Gasteiger partial charge in [-0.2, -0.15) is 0 Å². The van der Waals surface area contributed by atoms with Gasteiger partial charge in [-0.25, -0.2) is 4.98 Å². The Kier molecular flexibility index (Phi) is 2.45. The van der Waals surface area contributed by atoms with E-state index < -0.39 is 0 Å². The first-order chi connectivity index (χ1) is 8.66. The molecule has 18 heavy (non-hydrogen) atoms. The van der Waals surface area contributed by atoms with E-state index in [-0.39, 0.29) is 6.04 Å². The Balaban J connectivity index is 2.22. The van der Waals surface area contributed by atoms with E-state index in [1.807, 2.05) is 42.8 Å². The Morgan fingerprint density at radius 2 is 2.17 bits per heavy atom. The van der Waals surface area contributed by atoms with Gasteiger partial charge < -0.3 is 14.7 Å². The summed E-state index contributed by atoms with van der Waals surface area (Å²) in [6.07, 6.45) is 1.65. The smallest absolute Gasteiger partial charge is 0.176 e. The summed E-state index contributed by atoms with van der Waals surface area (Å²) in [6, 6.07) is 9.90. The summed E-state index contributed by atoms with van der Waals surface area (Å²) in [5.41, 5.74) is 9.03. The van der Waals surface area contributed by atoms with Crippen LogP contribution >= 0.6 is 0 Å². The number of hydrogen-bond donors (Lipinski definition) is 1. The number of aromatic nitrogens is 2. The fourth-order valence-corrected chi connectivity index (χ4v) is 2.12. The van der Waals surface area contributed by atoms with E-state index in [0.717, 1.165) is 28.2 Å². The SMILES string of the molecule is CC(N)c1ccc2nc(-c3ccco3)n(C)c2c1. The van der Waals surface area contributed by atoms with Crippen molar-refractivity contribution in [3.63, 3.8) is 0 Å². The minimum absolute atomic E-state index is 0.0244. The molecular weight excluding hydrogens is 226 g/mol. The molecule has 2 heterocycles. The number of nitrogens with two attached hydrogens (primary N) is 1. The number of hydrogen-bond acceptors (Lipinski definition) is 3. The molecule has 0 bridgehead atoms. The maximum absolute atomic E-state index is 5.91. The molecule has 4 nitrogen and oxygen atoms in total. The highest BCUT2D eigenvalue weighted by Gasteiger charge is 2.12. The summed E-state index contributed by atoms with van der Waals surface area (Å²) in [5.74, 6) is 1.60. The maximum Gasteiger partial charge on any atom is 0.176 e. The van der Waals surface area contributed by atoms with Gasteiger partial charge in [-0.05, 0) is 36.8 Å². The molecule has 0 aliphatic heterocycles. The van der Waals surface area contributed by atoms with Crippen molar-refractivity contribution in [2.45, 2.75) is 13.0 Å². The molecule has 1 unspecified atom stereocenters. The summed E-state index contributed by atoms with van der Waals surface area (Å²) < 4.78 is 7.43. The molecule has 0 aliphatic carbocycles. The first kappa shape index (κ1) is 11.0. The first-order valence-electron chi connectivity index (χ1n) is 5.92.